The summed E-state index contributed by atoms with van der Waals surface area (Å²) in [5.41, 5.74) is 2.55. The molecule has 0 aromatic heterocycles. The van der Waals surface area contributed by atoms with Crippen LogP contribution < -0.4 is 4.90 Å². The molecule has 0 aliphatic carbocycles. The van der Waals surface area contributed by atoms with Crippen LogP contribution in [0.3, 0.4) is 0 Å². The molecule has 1 heterocycles. The number of benzene rings is 1. The maximum atomic E-state index is 10.9. The Morgan fingerprint density at radius 2 is 2.35 bits per heavy atom. The van der Waals surface area contributed by atoms with E-state index in [1.54, 1.807) is 12.1 Å². The van der Waals surface area contributed by atoms with Gasteiger partial charge in [-0.25, -0.2) is 4.79 Å². The van der Waals surface area contributed by atoms with Crippen LogP contribution in [0.1, 0.15) is 28.8 Å². The van der Waals surface area contributed by atoms with Gasteiger partial charge in [-0.2, -0.15) is 5.26 Å². The van der Waals surface area contributed by atoms with Crippen molar-refractivity contribution < 1.29 is 9.90 Å². The molecule has 0 spiro atoms. The Hall–Kier alpha value is -2.02. The average Bonchev–Trinajstić information content (AvgIpc) is 2.72. The lowest BCUT2D eigenvalue weighted by molar-refractivity contribution is 0.0697. The zero-order valence-corrected chi connectivity index (χ0v) is 9.52. The Morgan fingerprint density at radius 3 is 3.06 bits per heavy atom. The number of nitriles is 1. The highest BCUT2D eigenvalue weighted by Crippen LogP contribution is 2.29. The van der Waals surface area contributed by atoms with Gasteiger partial charge in [0.1, 0.15) is 0 Å². The Labute approximate surface area is 100 Å². The number of nitrogens with zero attached hydrogens (tertiary/aromatic N) is 2. The minimum atomic E-state index is -0.892. The Bertz CT molecular complexity index is 477. The minimum Gasteiger partial charge on any atom is -0.478 e. The summed E-state index contributed by atoms with van der Waals surface area (Å²) in [7, 11) is 0. The number of aromatic carboxylic acids is 1. The Kier molecular flexibility index (Phi) is 3.29. The number of carbonyl (C=O) groups is 1. The third-order valence-electron chi connectivity index (χ3n) is 3.04. The van der Waals surface area contributed by atoms with Crippen molar-refractivity contribution in [3.8, 4) is 6.07 Å². The third kappa shape index (κ3) is 2.39. The summed E-state index contributed by atoms with van der Waals surface area (Å²) in [5, 5.41) is 17.5. The smallest absolute Gasteiger partial charge is 0.335 e. The van der Waals surface area contributed by atoms with E-state index in [9.17, 15) is 4.79 Å². The second-order valence-electron chi connectivity index (χ2n) is 4.15. The van der Waals surface area contributed by atoms with Crippen molar-refractivity contribution in [2.24, 2.45) is 0 Å². The molecule has 4 nitrogen and oxygen atoms in total. The second-order valence-corrected chi connectivity index (χ2v) is 4.15. The zero-order valence-electron chi connectivity index (χ0n) is 9.52. The number of rotatable bonds is 4. The predicted molar refractivity (Wildman–Crippen MR) is 64.2 cm³/mol. The molecule has 1 aliphatic rings. The van der Waals surface area contributed by atoms with Gasteiger partial charge in [-0.1, -0.05) is 6.07 Å². The first kappa shape index (κ1) is 11.5. The Balaban J connectivity index is 2.15. The van der Waals surface area contributed by atoms with Crippen molar-refractivity contribution >= 4 is 11.7 Å². The van der Waals surface area contributed by atoms with Gasteiger partial charge in [0, 0.05) is 25.2 Å². The summed E-state index contributed by atoms with van der Waals surface area (Å²) in [5.74, 6) is -0.892. The van der Waals surface area contributed by atoms with E-state index in [0.717, 1.165) is 31.6 Å². The van der Waals surface area contributed by atoms with E-state index in [0.29, 0.717) is 12.0 Å². The molecular formula is C13H14N2O2. The van der Waals surface area contributed by atoms with E-state index in [-0.39, 0.29) is 0 Å². The molecule has 0 unspecified atom stereocenters. The minimum absolute atomic E-state index is 0.330. The summed E-state index contributed by atoms with van der Waals surface area (Å²) in [6, 6.07) is 7.40. The molecule has 1 aromatic carbocycles. The highest BCUT2D eigenvalue weighted by molar-refractivity contribution is 5.89. The lowest BCUT2D eigenvalue weighted by Crippen LogP contribution is -2.21. The molecule has 0 bridgehead atoms. The number of unbranched alkanes of at least 4 members (excludes halogenated alkanes) is 1. The number of hydrogen-bond donors (Lipinski definition) is 1. The SMILES string of the molecule is N#CCCCN1CCc2ccc(C(=O)O)cc21. The molecule has 1 N–H and O–H groups in total. The molecule has 1 aliphatic heterocycles. The van der Waals surface area contributed by atoms with Gasteiger partial charge in [-0.05, 0) is 30.5 Å². The van der Waals surface area contributed by atoms with Crippen LogP contribution in [0.5, 0.6) is 0 Å². The van der Waals surface area contributed by atoms with Crippen LogP contribution in [0.4, 0.5) is 5.69 Å². The largest absolute Gasteiger partial charge is 0.478 e. The number of anilines is 1. The first-order valence-corrected chi connectivity index (χ1v) is 5.70. The van der Waals surface area contributed by atoms with Crippen molar-refractivity contribution in [2.45, 2.75) is 19.3 Å². The van der Waals surface area contributed by atoms with Gasteiger partial charge in [0.15, 0.2) is 0 Å². The van der Waals surface area contributed by atoms with Crippen LogP contribution >= 0.6 is 0 Å². The van der Waals surface area contributed by atoms with Crippen molar-refractivity contribution in [3.63, 3.8) is 0 Å². The van der Waals surface area contributed by atoms with Gasteiger partial charge in [-0.3, -0.25) is 0 Å². The van der Waals surface area contributed by atoms with Crippen LogP contribution in [-0.2, 0) is 6.42 Å². The number of carboxylic acid groups (broad SMARTS) is 1. The molecule has 0 saturated heterocycles. The highest BCUT2D eigenvalue weighted by Gasteiger charge is 2.19. The van der Waals surface area contributed by atoms with Gasteiger partial charge in [0.25, 0.3) is 0 Å². The molecular weight excluding hydrogens is 216 g/mol. The molecule has 17 heavy (non-hydrogen) atoms. The van der Waals surface area contributed by atoms with E-state index < -0.39 is 5.97 Å². The quantitative estimate of drug-likeness (QED) is 0.804. The third-order valence-corrected chi connectivity index (χ3v) is 3.04. The monoisotopic (exact) mass is 230 g/mol. The summed E-state index contributed by atoms with van der Waals surface area (Å²) in [6.07, 6.45) is 2.33. The predicted octanol–water partition coefficient (Wildman–Crippen LogP) is 2.05. The van der Waals surface area contributed by atoms with E-state index in [1.165, 1.54) is 5.56 Å². The van der Waals surface area contributed by atoms with Crippen LogP contribution in [0.2, 0.25) is 0 Å². The van der Waals surface area contributed by atoms with Gasteiger partial charge in [0.05, 0.1) is 11.6 Å². The Morgan fingerprint density at radius 1 is 1.53 bits per heavy atom. The van der Waals surface area contributed by atoms with E-state index in [2.05, 4.69) is 11.0 Å². The van der Waals surface area contributed by atoms with Crippen molar-refractivity contribution in [1.29, 1.82) is 5.26 Å². The fourth-order valence-electron chi connectivity index (χ4n) is 2.16. The van der Waals surface area contributed by atoms with Crippen LogP contribution in [0.25, 0.3) is 0 Å². The summed E-state index contributed by atoms with van der Waals surface area (Å²) in [6.45, 7) is 1.74. The van der Waals surface area contributed by atoms with Crippen LogP contribution in [-0.4, -0.2) is 24.2 Å². The van der Waals surface area contributed by atoms with E-state index >= 15 is 0 Å². The maximum Gasteiger partial charge on any atom is 0.335 e. The maximum absolute atomic E-state index is 10.9. The van der Waals surface area contributed by atoms with Gasteiger partial charge < -0.3 is 10.0 Å². The normalized spacial score (nSPS) is 13.2. The fourth-order valence-corrected chi connectivity index (χ4v) is 2.16. The molecule has 0 fully saturated rings. The lowest BCUT2D eigenvalue weighted by atomic mass is 10.1. The molecule has 0 saturated carbocycles. The van der Waals surface area contributed by atoms with Crippen molar-refractivity contribution in [2.75, 3.05) is 18.0 Å². The van der Waals surface area contributed by atoms with E-state index in [1.807, 2.05) is 6.07 Å². The summed E-state index contributed by atoms with van der Waals surface area (Å²) >= 11 is 0. The molecule has 88 valence electrons. The molecule has 4 heteroatoms. The van der Waals surface area contributed by atoms with Crippen molar-refractivity contribution in [3.05, 3.63) is 29.3 Å². The van der Waals surface area contributed by atoms with E-state index in [4.69, 9.17) is 10.4 Å². The number of carboxylic acids is 1. The molecule has 2 rings (SSSR count). The first-order chi connectivity index (χ1) is 8.22. The topological polar surface area (TPSA) is 64.3 Å². The summed E-state index contributed by atoms with van der Waals surface area (Å²) < 4.78 is 0. The first-order valence-electron chi connectivity index (χ1n) is 5.70. The highest BCUT2D eigenvalue weighted by atomic mass is 16.4. The molecule has 1 aromatic rings. The van der Waals surface area contributed by atoms with Gasteiger partial charge >= 0.3 is 5.97 Å². The lowest BCUT2D eigenvalue weighted by Gasteiger charge is -2.18. The average molecular weight is 230 g/mol. The molecule has 0 amide bonds. The number of hydrogen-bond acceptors (Lipinski definition) is 3. The van der Waals surface area contributed by atoms with Crippen LogP contribution in [0.15, 0.2) is 18.2 Å². The van der Waals surface area contributed by atoms with Crippen LogP contribution in [0, 0.1) is 11.3 Å². The van der Waals surface area contributed by atoms with Crippen molar-refractivity contribution in [1.82, 2.24) is 0 Å². The van der Waals surface area contributed by atoms with Gasteiger partial charge in [0.2, 0.25) is 0 Å². The summed E-state index contributed by atoms with van der Waals surface area (Å²) in [4.78, 5) is 13.1. The second kappa shape index (κ2) is 4.88. The van der Waals surface area contributed by atoms with Gasteiger partial charge in [-0.15, -0.1) is 0 Å². The molecule has 0 atom stereocenters. The zero-order chi connectivity index (χ0) is 12.3. The number of fused-ring (bicyclic) bond motifs is 1. The molecule has 0 radical (unpaired) electrons. The standard InChI is InChI=1S/C13H14N2O2/c14-6-1-2-7-15-8-5-10-3-4-11(13(16)17)9-12(10)15/h3-4,9H,1-2,5,7-8H2,(H,16,17). The fraction of sp³-hybridized carbons (Fsp3) is 0.385.